The maximum Gasteiger partial charge on any atom is 0.306 e. The van der Waals surface area contributed by atoms with Crippen LogP contribution in [0.2, 0.25) is 0 Å². The largest absolute Gasteiger partial charge is 0.462 e. The summed E-state index contributed by atoms with van der Waals surface area (Å²) < 4.78 is 16.7. The summed E-state index contributed by atoms with van der Waals surface area (Å²) in [6.45, 7) is 6.12. The van der Waals surface area contributed by atoms with Crippen LogP contribution in [0.15, 0.2) is 182 Å². The maximum absolute atomic E-state index is 12.8. The molecule has 0 aliphatic rings. The van der Waals surface area contributed by atoms with Gasteiger partial charge in [-0.25, -0.2) is 0 Å². The van der Waals surface area contributed by atoms with Crippen LogP contribution in [0.1, 0.15) is 175 Å². The number of unbranched alkanes of at least 4 members (excludes halogenated alkanes) is 7. The van der Waals surface area contributed by atoms with Crippen molar-refractivity contribution < 1.29 is 28.6 Å². The van der Waals surface area contributed by atoms with Gasteiger partial charge < -0.3 is 14.2 Å². The van der Waals surface area contributed by atoms with E-state index in [0.717, 1.165) is 122 Å². The quantitative estimate of drug-likeness (QED) is 0.0199. The fourth-order valence-corrected chi connectivity index (χ4v) is 6.17. The maximum atomic E-state index is 12.8. The molecule has 0 saturated carbocycles. The van der Waals surface area contributed by atoms with Gasteiger partial charge in [-0.15, -0.1) is 0 Å². The van der Waals surface area contributed by atoms with Gasteiger partial charge in [-0.05, 0) is 122 Å². The first-order valence-electron chi connectivity index (χ1n) is 26.4. The number of carbonyl (C=O) groups is 3. The van der Waals surface area contributed by atoms with Crippen LogP contribution in [-0.4, -0.2) is 37.2 Å². The van der Waals surface area contributed by atoms with Gasteiger partial charge in [0.25, 0.3) is 0 Å². The van der Waals surface area contributed by atoms with Crippen LogP contribution in [0.5, 0.6) is 0 Å². The molecule has 380 valence electrons. The van der Waals surface area contributed by atoms with Crippen LogP contribution in [-0.2, 0) is 28.6 Å². The Kier molecular flexibility index (Phi) is 50.7. The number of hydrogen-bond acceptors (Lipinski definition) is 6. The molecule has 6 heteroatoms. The Morgan fingerprint density at radius 2 is 0.609 bits per heavy atom. The topological polar surface area (TPSA) is 78.9 Å². The molecule has 0 rings (SSSR count). The molecule has 0 aromatic carbocycles. The lowest BCUT2D eigenvalue weighted by Gasteiger charge is -2.18. The second-order valence-corrected chi connectivity index (χ2v) is 16.4. The van der Waals surface area contributed by atoms with E-state index in [0.29, 0.717) is 12.8 Å². The van der Waals surface area contributed by atoms with Crippen molar-refractivity contribution in [2.45, 2.75) is 181 Å². The monoisotopic (exact) mass is 945 g/mol. The van der Waals surface area contributed by atoms with Crippen molar-refractivity contribution in [1.29, 1.82) is 0 Å². The van der Waals surface area contributed by atoms with Crippen molar-refractivity contribution in [1.82, 2.24) is 0 Å². The lowest BCUT2D eigenvalue weighted by atomic mass is 10.1. The minimum atomic E-state index is -0.851. The van der Waals surface area contributed by atoms with E-state index in [4.69, 9.17) is 14.2 Å². The summed E-state index contributed by atoms with van der Waals surface area (Å²) >= 11 is 0. The molecule has 0 aliphatic heterocycles. The van der Waals surface area contributed by atoms with Crippen molar-refractivity contribution >= 4 is 17.9 Å². The van der Waals surface area contributed by atoms with Crippen molar-refractivity contribution in [3.05, 3.63) is 182 Å². The van der Waals surface area contributed by atoms with E-state index in [-0.39, 0.29) is 44.4 Å². The Balaban J connectivity index is 4.66. The summed E-state index contributed by atoms with van der Waals surface area (Å²) in [5.74, 6) is -1.09. The van der Waals surface area contributed by atoms with E-state index in [1.54, 1.807) is 0 Å². The molecule has 0 bridgehead atoms. The first kappa shape index (κ1) is 63.5. The van der Waals surface area contributed by atoms with Gasteiger partial charge in [0, 0.05) is 19.3 Å². The van der Waals surface area contributed by atoms with Crippen molar-refractivity contribution in [2.75, 3.05) is 13.2 Å². The predicted molar refractivity (Wildman–Crippen MR) is 297 cm³/mol. The van der Waals surface area contributed by atoms with E-state index >= 15 is 0 Å². The highest BCUT2D eigenvalue weighted by Crippen LogP contribution is 2.10. The lowest BCUT2D eigenvalue weighted by Crippen LogP contribution is -2.30. The second kappa shape index (κ2) is 55.1. The first-order valence-corrected chi connectivity index (χ1v) is 26.4. The zero-order valence-electron chi connectivity index (χ0n) is 43.2. The summed E-state index contributed by atoms with van der Waals surface area (Å²) in [5, 5.41) is 0. The molecule has 6 nitrogen and oxygen atoms in total. The van der Waals surface area contributed by atoms with Crippen LogP contribution < -0.4 is 0 Å². The van der Waals surface area contributed by atoms with Gasteiger partial charge in [-0.2, -0.15) is 0 Å². The SMILES string of the molecule is CC\C=C/C=C\C=C/C=C\C=C/CCCCCC(=O)OCC(COC(=O)CCCCC/C=C\C/C=C\C/C=C\C/C=C\C/C=C\CC)OC(=O)CCC/C=C\C/C=C\C/C=C\C/C=C\C/C=C\CC. The summed E-state index contributed by atoms with van der Waals surface area (Å²) in [4.78, 5) is 38.0. The normalized spacial score (nSPS) is 13.6. The molecule has 69 heavy (non-hydrogen) atoms. The Morgan fingerprint density at radius 1 is 0.304 bits per heavy atom. The Hall–Kier alpha value is -5.49. The lowest BCUT2D eigenvalue weighted by molar-refractivity contribution is -0.167. The Labute approximate surface area is 421 Å². The van der Waals surface area contributed by atoms with Crippen LogP contribution in [0.3, 0.4) is 0 Å². The van der Waals surface area contributed by atoms with Crippen molar-refractivity contribution in [3.63, 3.8) is 0 Å². The fraction of sp³-hybridized carbons (Fsp3) is 0.476. The summed E-state index contributed by atoms with van der Waals surface area (Å²) in [6.07, 6.45) is 83.1. The number of ether oxygens (including phenoxy) is 3. The smallest absolute Gasteiger partial charge is 0.306 e. The molecule has 0 heterocycles. The van der Waals surface area contributed by atoms with Crippen LogP contribution in [0, 0.1) is 0 Å². The number of hydrogen-bond donors (Lipinski definition) is 0. The zero-order chi connectivity index (χ0) is 50.0. The molecule has 1 unspecified atom stereocenters. The van der Waals surface area contributed by atoms with Gasteiger partial charge in [-0.3, -0.25) is 14.4 Å². The number of allylic oxidation sites excluding steroid dienone is 30. The third kappa shape index (κ3) is 53.3. The summed E-state index contributed by atoms with van der Waals surface area (Å²) in [5.41, 5.74) is 0. The van der Waals surface area contributed by atoms with E-state index in [1.165, 1.54) is 0 Å². The Bertz CT molecular complexity index is 1700. The predicted octanol–water partition coefficient (Wildman–Crippen LogP) is 17.7. The van der Waals surface area contributed by atoms with E-state index in [9.17, 15) is 14.4 Å². The van der Waals surface area contributed by atoms with Crippen LogP contribution >= 0.6 is 0 Å². The Morgan fingerprint density at radius 3 is 1.00 bits per heavy atom. The number of carbonyl (C=O) groups excluding carboxylic acids is 3. The molecule has 0 saturated heterocycles. The third-order valence-electron chi connectivity index (χ3n) is 10.0. The van der Waals surface area contributed by atoms with Gasteiger partial charge >= 0.3 is 17.9 Å². The molecular formula is C63H92O6. The third-order valence-corrected chi connectivity index (χ3v) is 10.0. The van der Waals surface area contributed by atoms with E-state index in [2.05, 4.69) is 154 Å². The van der Waals surface area contributed by atoms with Gasteiger partial charge in [0.1, 0.15) is 13.2 Å². The number of rotatable bonds is 44. The highest BCUT2D eigenvalue weighted by Gasteiger charge is 2.19. The molecule has 0 amide bonds. The molecule has 0 radical (unpaired) electrons. The second-order valence-electron chi connectivity index (χ2n) is 16.4. The van der Waals surface area contributed by atoms with Gasteiger partial charge in [0.05, 0.1) is 0 Å². The number of esters is 3. The van der Waals surface area contributed by atoms with Crippen molar-refractivity contribution in [2.24, 2.45) is 0 Å². The van der Waals surface area contributed by atoms with Crippen molar-refractivity contribution in [3.8, 4) is 0 Å². The molecule has 0 aromatic rings. The van der Waals surface area contributed by atoms with E-state index < -0.39 is 12.1 Å². The minimum Gasteiger partial charge on any atom is -0.462 e. The average Bonchev–Trinajstić information content (AvgIpc) is 3.35. The van der Waals surface area contributed by atoms with Gasteiger partial charge in [0.15, 0.2) is 6.10 Å². The minimum absolute atomic E-state index is 0.143. The molecule has 0 fully saturated rings. The molecular weight excluding hydrogens is 853 g/mol. The van der Waals surface area contributed by atoms with Gasteiger partial charge in [0.2, 0.25) is 0 Å². The standard InChI is InChI=1S/C63H92O6/c1-4-7-10-13-16-19-22-25-28-30-31-33-35-38-41-44-47-50-53-56-62(65)68-59-60(58-67-61(64)55-52-49-46-43-40-37-34-27-24-21-18-15-12-9-6-3)69-63(66)57-54-51-48-45-42-39-36-32-29-26-23-20-17-14-11-8-5-2/h7-12,15-21,24-29,31,33-34,36-41,45,48,60H,4-6,13-14,22-23,30,32,35,42-44,46-47,49-59H2,1-3H3/b10-7-,11-8-,12-9-,18-15-,19-16-,20-17-,24-21-,28-25-,29-26-,33-31-,34-27-,39-36-,40-37-,41-38-,48-45-. The van der Waals surface area contributed by atoms with E-state index in [1.807, 2.05) is 48.6 Å². The van der Waals surface area contributed by atoms with Crippen LogP contribution in [0.4, 0.5) is 0 Å². The summed E-state index contributed by atoms with van der Waals surface area (Å²) in [7, 11) is 0. The van der Waals surface area contributed by atoms with Gasteiger partial charge in [-0.1, -0.05) is 216 Å². The highest BCUT2D eigenvalue weighted by atomic mass is 16.6. The van der Waals surface area contributed by atoms with Crippen LogP contribution in [0.25, 0.3) is 0 Å². The molecule has 0 aromatic heterocycles. The molecule has 0 spiro atoms. The zero-order valence-corrected chi connectivity index (χ0v) is 43.2. The average molecular weight is 945 g/mol. The fourth-order valence-electron chi connectivity index (χ4n) is 6.17. The molecule has 1 atom stereocenters. The highest BCUT2D eigenvalue weighted by molar-refractivity contribution is 5.71. The first-order chi connectivity index (χ1) is 34.0. The molecule has 0 N–H and O–H groups in total. The molecule has 0 aliphatic carbocycles. The summed E-state index contributed by atoms with van der Waals surface area (Å²) in [6, 6.07) is 0.